The van der Waals surface area contributed by atoms with Crippen molar-refractivity contribution < 1.29 is 0 Å². The summed E-state index contributed by atoms with van der Waals surface area (Å²) in [5, 5.41) is 1.10. The summed E-state index contributed by atoms with van der Waals surface area (Å²) in [5.41, 5.74) is 2.45. The van der Waals surface area contributed by atoms with Gasteiger partial charge in [0, 0.05) is 16.1 Å². The first-order chi connectivity index (χ1) is 8.24. The second-order valence-electron chi connectivity index (χ2n) is 3.43. The highest BCUT2D eigenvalue weighted by atomic mass is 79.9. The Hall–Kier alpha value is -1.74. The lowest BCUT2D eigenvalue weighted by Crippen LogP contribution is -1.99. The quantitative estimate of drug-likeness (QED) is 0.780. The number of pyridine rings is 1. The van der Waals surface area contributed by atoms with E-state index < -0.39 is 0 Å². The molecule has 0 spiro atoms. The topological polar surface area (TPSA) is 25.2 Å². The summed E-state index contributed by atoms with van der Waals surface area (Å²) < 4.78 is 1.01. The number of benzene rings is 1. The van der Waals surface area contributed by atoms with Crippen LogP contribution in [0.5, 0.6) is 0 Å². The van der Waals surface area contributed by atoms with Crippen LogP contribution < -0.4 is 0 Å². The molecule has 0 saturated heterocycles. The number of halogens is 1. The third kappa shape index (κ3) is 2.50. The Morgan fingerprint density at radius 3 is 2.71 bits per heavy atom. The summed E-state index contributed by atoms with van der Waals surface area (Å²) in [7, 11) is 0. The summed E-state index contributed by atoms with van der Waals surface area (Å²) in [6.45, 7) is 7.31. The van der Waals surface area contributed by atoms with Gasteiger partial charge in [0.15, 0.2) is 0 Å². The number of aromatic nitrogens is 1. The monoisotopic (exact) mass is 286 g/mol. The van der Waals surface area contributed by atoms with Crippen molar-refractivity contribution in [2.75, 3.05) is 0 Å². The number of rotatable bonds is 3. The summed E-state index contributed by atoms with van der Waals surface area (Å²) in [6.07, 6.45) is 3.16. The molecule has 2 aromatic rings. The molecule has 17 heavy (non-hydrogen) atoms. The maximum atomic E-state index is 4.55. The molecule has 2 nitrogen and oxygen atoms in total. The van der Waals surface area contributed by atoms with Crippen molar-refractivity contribution in [2.45, 2.75) is 0 Å². The third-order valence-corrected chi connectivity index (χ3v) is 2.83. The van der Waals surface area contributed by atoms with Gasteiger partial charge in [0.05, 0.1) is 16.9 Å². The highest BCUT2D eigenvalue weighted by molar-refractivity contribution is 9.10. The number of allylic oxidation sites excluding steroid dienone is 1. The predicted octanol–water partition coefficient (Wildman–Crippen LogP) is 4.12. The van der Waals surface area contributed by atoms with Crippen LogP contribution >= 0.6 is 15.9 Å². The molecule has 0 aliphatic carbocycles. The van der Waals surface area contributed by atoms with Crippen LogP contribution in [0, 0.1) is 0 Å². The molecule has 0 aliphatic heterocycles. The SMILES string of the molecule is C=CN=C(C=C)c1ccc2ccc(Br)cc2n1. The minimum atomic E-state index is 0.724. The maximum absolute atomic E-state index is 4.55. The van der Waals surface area contributed by atoms with Gasteiger partial charge in [0.25, 0.3) is 0 Å². The minimum Gasteiger partial charge on any atom is -0.255 e. The molecule has 0 atom stereocenters. The molecule has 0 saturated carbocycles. The van der Waals surface area contributed by atoms with Crippen molar-refractivity contribution in [3.8, 4) is 0 Å². The second-order valence-corrected chi connectivity index (χ2v) is 4.35. The zero-order chi connectivity index (χ0) is 12.3. The molecule has 2 rings (SSSR count). The molecule has 0 N–H and O–H groups in total. The van der Waals surface area contributed by atoms with Gasteiger partial charge in [-0.25, -0.2) is 4.98 Å². The molecule has 0 radical (unpaired) electrons. The Kier molecular flexibility index (Phi) is 3.49. The average molecular weight is 287 g/mol. The van der Waals surface area contributed by atoms with Crippen molar-refractivity contribution in [3.05, 3.63) is 65.9 Å². The van der Waals surface area contributed by atoms with Crippen LogP contribution in [0.4, 0.5) is 0 Å². The van der Waals surface area contributed by atoms with E-state index in [1.165, 1.54) is 6.20 Å². The molecule has 0 amide bonds. The van der Waals surface area contributed by atoms with E-state index in [1.807, 2.05) is 30.3 Å². The molecule has 1 aromatic carbocycles. The Balaban J connectivity index is 2.60. The molecular formula is C14H11BrN2. The Bertz CT molecular complexity index is 615. The van der Waals surface area contributed by atoms with Gasteiger partial charge in [-0.05, 0) is 24.3 Å². The predicted molar refractivity (Wildman–Crippen MR) is 76.4 cm³/mol. The summed E-state index contributed by atoms with van der Waals surface area (Å²) in [6, 6.07) is 9.95. The highest BCUT2D eigenvalue weighted by Crippen LogP contribution is 2.18. The molecule has 0 fully saturated rings. The van der Waals surface area contributed by atoms with Crippen molar-refractivity contribution in [1.82, 2.24) is 4.98 Å². The van der Waals surface area contributed by atoms with E-state index in [4.69, 9.17) is 0 Å². The zero-order valence-corrected chi connectivity index (χ0v) is 10.8. The molecule has 0 aliphatic rings. The van der Waals surface area contributed by atoms with Gasteiger partial charge >= 0.3 is 0 Å². The van der Waals surface area contributed by atoms with Crippen LogP contribution in [0.25, 0.3) is 10.9 Å². The van der Waals surface area contributed by atoms with Gasteiger partial charge < -0.3 is 0 Å². The highest BCUT2D eigenvalue weighted by Gasteiger charge is 2.02. The van der Waals surface area contributed by atoms with Crippen LogP contribution in [-0.4, -0.2) is 10.7 Å². The van der Waals surface area contributed by atoms with E-state index in [9.17, 15) is 0 Å². The van der Waals surface area contributed by atoms with Crippen molar-refractivity contribution in [3.63, 3.8) is 0 Å². The van der Waals surface area contributed by atoms with E-state index >= 15 is 0 Å². The summed E-state index contributed by atoms with van der Waals surface area (Å²) in [5.74, 6) is 0. The van der Waals surface area contributed by atoms with Crippen LogP contribution in [-0.2, 0) is 0 Å². The lowest BCUT2D eigenvalue weighted by atomic mass is 10.1. The van der Waals surface area contributed by atoms with Gasteiger partial charge in [-0.3, -0.25) is 4.99 Å². The van der Waals surface area contributed by atoms with Crippen molar-refractivity contribution in [2.24, 2.45) is 4.99 Å². The van der Waals surface area contributed by atoms with Crippen LogP contribution in [0.3, 0.4) is 0 Å². The number of nitrogens with zero attached hydrogens (tertiary/aromatic N) is 2. The molecular weight excluding hydrogens is 276 g/mol. The average Bonchev–Trinajstić information content (AvgIpc) is 2.35. The smallest absolute Gasteiger partial charge is 0.0893 e. The normalized spacial score (nSPS) is 11.5. The van der Waals surface area contributed by atoms with Gasteiger partial charge in [-0.15, -0.1) is 0 Å². The Morgan fingerprint density at radius 2 is 2.00 bits per heavy atom. The lowest BCUT2D eigenvalue weighted by Gasteiger charge is -2.03. The van der Waals surface area contributed by atoms with E-state index in [2.05, 4.69) is 39.1 Å². The van der Waals surface area contributed by atoms with Gasteiger partial charge in [-0.2, -0.15) is 0 Å². The zero-order valence-electron chi connectivity index (χ0n) is 9.23. The first kappa shape index (κ1) is 11.7. The molecule has 0 unspecified atom stereocenters. The largest absolute Gasteiger partial charge is 0.255 e. The van der Waals surface area contributed by atoms with Crippen molar-refractivity contribution in [1.29, 1.82) is 0 Å². The molecule has 1 heterocycles. The van der Waals surface area contributed by atoms with Crippen LogP contribution in [0.1, 0.15) is 5.69 Å². The van der Waals surface area contributed by atoms with E-state index in [0.717, 1.165) is 26.8 Å². The Labute approximate surface area is 109 Å². The van der Waals surface area contributed by atoms with Gasteiger partial charge in [-0.1, -0.05) is 41.2 Å². The lowest BCUT2D eigenvalue weighted by molar-refractivity contribution is 1.35. The van der Waals surface area contributed by atoms with Crippen LogP contribution in [0.15, 0.2) is 65.2 Å². The van der Waals surface area contributed by atoms with Crippen LogP contribution in [0.2, 0.25) is 0 Å². The second kappa shape index (κ2) is 5.06. The number of aliphatic imine (C=N–C) groups is 1. The molecule has 3 heteroatoms. The molecule has 0 bridgehead atoms. The van der Waals surface area contributed by atoms with Crippen molar-refractivity contribution >= 4 is 32.5 Å². The third-order valence-electron chi connectivity index (χ3n) is 2.34. The summed E-state index contributed by atoms with van der Waals surface area (Å²) in [4.78, 5) is 8.68. The number of hydrogen-bond donors (Lipinski definition) is 0. The maximum Gasteiger partial charge on any atom is 0.0893 e. The fourth-order valence-electron chi connectivity index (χ4n) is 1.55. The number of fused-ring (bicyclic) bond motifs is 1. The Morgan fingerprint density at radius 1 is 1.24 bits per heavy atom. The fourth-order valence-corrected chi connectivity index (χ4v) is 1.90. The first-order valence-electron chi connectivity index (χ1n) is 5.12. The van der Waals surface area contributed by atoms with E-state index in [1.54, 1.807) is 6.08 Å². The molecule has 84 valence electrons. The fraction of sp³-hybridized carbons (Fsp3) is 0. The van der Waals surface area contributed by atoms with Gasteiger partial charge in [0.1, 0.15) is 0 Å². The van der Waals surface area contributed by atoms with E-state index in [0.29, 0.717) is 0 Å². The first-order valence-corrected chi connectivity index (χ1v) is 5.91. The van der Waals surface area contributed by atoms with Gasteiger partial charge in [0.2, 0.25) is 0 Å². The standard InChI is InChI=1S/C14H11BrN2/c1-3-12(16-4-2)13-8-6-10-5-7-11(15)9-14(10)17-13/h3-9H,1-2H2. The number of hydrogen-bond acceptors (Lipinski definition) is 2. The molecule has 1 aromatic heterocycles. The van der Waals surface area contributed by atoms with E-state index in [-0.39, 0.29) is 0 Å². The minimum absolute atomic E-state index is 0.724. The summed E-state index contributed by atoms with van der Waals surface area (Å²) >= 11 is 3.44.